The van der Waals surface area contributed by atoms with Crippen LogP contribution in [0, 0.1) is 13.8 Å². The molecule has 0 radical (unpaired) electrons. The summed E-state index contributed by atoms with van der Waals surface area (Å²) in [4.78, 5) is 0. The summed E-state index contributed by atoms with van der Waals surface area (Å²) in [7, 11) is 1.59. The van der Waals surface area contributed by atoms with E-state index < -0.39 is 6.10 Å². The molecule has 0 amide bonds. The van der Waals surface area contributed by atoms with Crippen LogP contribution < -0.4 is 4.74 Å². The summed E-state index contributed by atoms with van der Waals surface area (Å²) < 4.78 is 5.43. The molecule has 1 N–H and O–H groups in total. The zero-order chi connectivity index (χ0) is 14.9. The summed E-state index contributed by atoms with van der Waals surface area (Å²) in [6.45, 7) is 3.96. The summed E-state index contributed by atoms with van der Waals surface area (Å²) in [5.41, 5.74) is 3.36. The van der Waals surface area contributed by atoms with E-state index in [4.69, 9.17) is 27.9 Å². The largest absolute Gasteiger partial charge is 0.496 e. The SMILES string of the molecule is COc1c(C(O)c2cc(Cl)ccc2Cl)ccc(C)c1C. The smallest absolute Gasteiger partial charge is 0.128 e. The summed E-state index contributed by atoms with van der Waals surface area (Å²) in [5.74, 6) is 0.675. The average molecular weight is 311 g/mol. The molecule has 2 nitrogen and oxygen atoms in total. The van der Waals surface area contributed by atoms with Crippen molar-refractivity contribution in [2.75, 3.05) is 7.11 Å². The fraction of sp³-hybridized carbons (Fsp3) is 0.250. The number of aliphatic hydroxyl groups excluding tert-OH is 1. The zero-order valence-corrected chi connectivity index (χ0v) is 13.1. The Morgan fingerprint density at radius 3 is 2.40 bits per heavy atom. The van der Waals surface area contributed by atoms with Gasteiger partial charge in [0.15, 0.2) is 0 Å². The van der Waals surface area contributed by atoms with Crippen molar-refractivity contribution in [3.8, 4) is 5.75 Å². The second-order valence-electron chi connectivity index (χ2n) is 4.70. The van der Waals surface area contributed by atoms with Crippen molar-refractivity contribution in [2.45, 2.75) is 20.0 Å². The van der Waals surface area contributed by atoms with Gasteiger partial charge in [0.25, 0.3) is 0 Å². The van der Waals surface area contributed by atoms with Crippen LogP contribution in [-0.2, 0) is 0 Å². The number of methoxy groups -OCH3 is 1. The van der Waals surface area contributed by atoms with E-state index in [1.54, 1.807) is 25.3 Å². The Morgan fingerprint density at radius 1 is 1.05 bits per heavy atom. The van der Waals surface area contributed by atoms with Gasteiger partial charge in [-0.1, -0.05) is 35.3 Å². The Morgan fingerprint density at radius 2 is 1.75 bits per heavy atom. The molecule has 0 spiro atoms. The molecule has 0 heterocycles. The molecule has 2 rings (SSSR count). The predicted molar refractivity (Wildman–Crippen MR) is 83.0 cm³/mol. The van der Waals surface area contributed by atoms with E-state index in [0.29, 0.717) is 26.9 Å². The first-order valence-electron chi connectivity index (χ1n) is 6.22. The van der Waals surface area contributed by atoms with Crippen molar-refractivity contribution in [2.24, 2.45) is 0 Å². The minimum atomic E-state index is -0.879. The highest BCUT2D eigenvalue weighted by Gasteiger charge is 2.20. The first-order chi connectivity index (χ1) is 9.45. The van der Waals surface area contributed by atoms with E-state index in [1.807, 2.05) is 26.0 Å². The van der Waals surface area contributed by atoms with E-state index >= 15 is 0 Å². The second kappa shape index (κ2) is 6.04. The molecule has 1 atom stereocenters. The van der Waals surface area contributed by atoms with Crippen LogP contribution in [0.3, 0.4) is 0 Å². The normalized spacial score (nSPS) is 12.3. The number of halogens is 2. The van der Waals surface area contributed by atoms with Crippen molar-refractivity contribution in [1.29, 1.82) is 0 Å². The third kappa shape index (κ3) is 2.78. The Kier molecular flexibility index (Phi) is 4.59. The fourth-order valence-electron chi connectivity index (χ4n) is 2.19. The van der Waals surface area contributed by atoms with Gasteiger partial charge in [-0.25, -0.2) is 0 Å². The van der Waals surface area contributed by atoms with Gasteiger partial charge in [-0.05, 0) is 43.2 Å². The predicted octanol–water partition coefficient (Wildman–Crippen LogP) is 4.70. The minimum absolute atomic E-state index is 0.474. The quantitative estimate of drug-likeness (QED) is 0.890. The molecule has 2 aromatic carbocycles. The lowest BCUT2D eigenvalue weighted by atomic mass is 9.96. The van der Waals surface area contributed by atoms with E-state index in [9.17, 15) is 5.11 Å². The number of hydrogen-bond acceptors (Lipinski definition) is 2. The molecular weight excluding hydrogens is 295 g/mol. The molecule has 0 saturated heterocycles. The Hall–Kier alpha value is -1.22. The van der Waals surface area contributed by atoms with Crippen molar-refractivity contribution in [3.63, 3.8) is 0 Å². The Balaban J connectivity index is 2.56. The summed E-state index contributed by atoms with van der Waals surface area (Å²) in [5, 5.41) is 11.6. The maximum Gasteiger partial charge on any atom is 0.128 e. The summed E-state index contributed by atoms with van der Waals surface area (Å²) in [6, 6.07) is 8.84. The lowest BCUT2D eigenvalue weighted by Gasteiger charge is -2.19. The third-order valence-corrected chi connectivity index (χ3v) is 4.04. The number of ether oxygens (including phenoxy) is 1. The molecule has 0 aliphatic rings. The van der Waals surface area contributed by atoms with Crippen molar-refractivity contribution in [1.82, 2.24) is 0 Å². The van der Waals surface area contributed by atoms with Crippen molar-refractivity contribution < 1.29 is 9.84 Å². The van der Waals surface area contributed by atoms with Gasteiger partial charge in [-0.2, -0.15) is 0 Å². The minimum Gasteiger partial charge on any atom is -0.496 e. The van der Waals surface area contributed by atoms with Crippen LogP contribution in [0.1, 0.15) is 28.4 Å². The number of aliphatic hydroxyl groups is 1. The Bertz CT molecular complexity index is 639. The van der Waals surface area contributed by atoms with Crippen molar-refractivity contribution >= 4 is 23.2 Å². The first kappa shape index (κ1) is 15.2. The van der Waals surface area contributed by atoms with Crippen molar-refractivity contribution in [3.05, 3.63) is 62.6 Å². The van der Waals surface area contributed by atoms with E-state index in [1.165, 1.54) is 0 Å². The topological polar surface area (TPSA) is 29.5 Å². The number of rotatable bonds is 3. The average Bonchev–Trinajstić information content (AvgIpc) is 2.43. The Labute approximate surface area is 128 Å². The number of benzene rings is 2. The highest BCUT2D eigenvalue weighted by molar-refractivity contribution is 6.33. The van der Waals surface area contributed by atoms with Crippen LogP contribution in [0.2, 0.25) is 10.0 Å². The highest BCUT2D eigenvalue weighted by Crippen LogP contribution is 2.37. The molecule has 0 aliphatic carbocycles. The van der Waals surface area contributed by atoms with Crippen LogP contribution in [0.4, 0.5) is 0 Å². The van der Waals surface area contributed by atoms with Gasteiger partial charge in [0.05, 0.1) is 7.11 Å². The van der Waals surface area contributed by atoms with Gasteiger partial charge in [-0.15, -0.1) is 0 Å². The van der Waals surface area contributed by atoms with Gasteiger partial charge < -0.3 is 9.84 Å². The standard InChI is InChI=1S/C16H16Cl2O2/c1-9-4-6-12(16(20-3)10(9)2)15(19)13-8-11(17)5-7-14(13)18/h4-8,15,19H,1-3H3. The number of hydrogen-bond donors (Lipinski definition) is 1. The molecule has 20 heavy (non-hydrogen) atoms. The van der Waals surface area contributed by atoms with Gasteiger partial charge in [-0.3, -0.25) is 0 Å². The van der Waals surface area contributed by atoms with E-state index in [0.717, 1.165) is 11.1 Å². The van der Waals surface area contributed by atoms with Gasteiger partial charge in [0.1, 0.15) is 11.9 Å². The lowest BCUT2D eigenvalue weighted by molar-refractivity contribution is 0.214. The van der Waals surface area contributed by atoms with Gasteiger partial charge >= 0.3 is 0 Å². The third-order valence-electron chi connectivity index (χ3n) is 3.46. The molecule has 1 unspecified atom stereocenters. The molecule has 0 aliphatic heterocycles. The lowest BCUT2D eigenvalue weighted by Crippen LogP contribution is -2.05. The second-order valence-corrected chi connectivity index (χ2v) is 5.54. The van der Waals surface area contributed by atoms with Gasteiger partial charge in [0.2, 0.25) is 0 Å². The molecule has 4 heteroatoms. The summed E-state index contributed by atoms with van der Waals surface area (Å²) >= 11 is 12.1. The molecule has 0 aromatic heterocycles. The van der Waals surface area contributed by atoms with Crippen LogP contribution in [0.25, 0.3) is 0 Å². The molecule has 0 fully saturated rings. The highest BCUT2D eigenvalue weighted by atomic mass is 35.5. The van der Waals surface area contributed by atoms with Gasteiger partial charge in [0, 0.05) is 21.2 Å². The fourth-order valence-corrected chi connectivity index (χ4v) is 2.59. The maximum atomic E-state index is 10.6. The van der Waals surface area contributed by atoms with Crippen LogP contribution in [-0.4, -0.2) is 12.2 Å². The van der Waals surface area contributed by atoms with E-state index in [2.05, 4.69) is 0 Å². The van der Waals surface area contributed by atoms with Crippen LogP contribution >= 0.6 is 23.2 Å². The van der Waals surface area contributed by atoms with E-state index in [-0.39, 0.29) is 0 Å². The van der Waals surface area contributed by atoms with Crippen LogP contribution in [0.15, 0.2) is 30.3 Å². The first-order valence-corrected chi connectivity index (χ1v) is 6.98. The maximum absolute atomic E-state index is 10.6. The molecule has 106 valence electrons. The zero-order valence-electron chi connectivity index (χ0n) is 11.6. The summed E-state index contributed by atoms with van der Waals surface area (Å²) in [6.07, 6.45) is -0.879. The molecule has 2 aromatic rings. The monoisotopic (exact) mass is 310 g/mol. The molecule has 0 bridgehead atoms. The molecular formula is C16H16Cl2O2. The molecule has 0 saturated carbocycles. The number of aryl methyl sites for hydroxylation is 1. The van der Waals surface area contributed by atoms with Crippen LogP contribution in [0.5, 0.6) is 5.75 Å².